The van der Waals surface area contributed by atoms with E-state index < -0.39 is 0 Å². The van der Waals surface area contributed by atoms with Gasteiger partial charge >= 0.3 is 0 Å². The fourth-order valence-corrected chi connectivity index (χ4v) is 2.44. The second-order valence-corrected chi connectivity index (χ2v) is 5.57. The number of nitrogens with zero attached hydrogens (tertiary/aromatic N) is 1. The number of carbonyl (C=O) groups excluding carboxylic acids is 1. The van der Waals surface area contributed by atoms with Gasteiger partial charge in [0.25, 0.3) is 5.91 Å². The molecule has 5 heteroatoms. The Hall–Kier alpha value is -3.78. The van der Waals surface area contributed by atoms with Gasteiger partial charge in [0.1, 0.15) is 17.2 Å². The van der Waals surface area contributed by atoms with Crippen LogP contribution in [0.5, 0.6) is 11.5 Å². The molecule has 0 aliphatic heterocycles. The van der Waals surface area contributed by atoms with Crippen LogP contribution in [-0.2, 0) is 0 Å². The van der Waals surface area contributed by atoms with E-state index >= 15 is 0 Å². The Morgan fingerprint density at radius 1 is 0.963 bits per heavy atom. The molecule has 1 N–H and O–H groups in total. The molecular formula is C22H18N2O3. The molecule has 0 saturated carbocycles. The highest BCUT2D eigenvalue weighted by Crippen LogP contribution is 2.25. The first-order valence-corrected chi connectivity index (χ1v) is 8.26. The molecule has 2 aromatic carbocycles. The van der Waals surface area contributed by atoms with Crippen molar-refractivity contribution in [2.45, 2.75) is 0 Å². The number of aromatic nitrogens is 1. The van der Waals surface area contributed by atoms with Gasteiger partial charge in [0.05, 0.1) is 19.8 Å². The molecule has 0 bridgehead atoms. The van der Waals surface area contributed by atoms with Crippen LogP contribution in [0.25, 0.3) is 0 Å². The number of anilines is 1. The summed E-state index contributed by atoms with van der Waals surface area (Å²) in [5.74, 6) is 6.80. The van der Waals surface area contributed by atoms with E-state index in [0.29, 0.717) is 28.4 Å². The van der Waals surface area contributed by atoms with Crippen molar-refractivity contribution in [3.05, 3.63) is 83.7 Å². The number of rotatable bonds is 4. The van der Waals surface area contributed by atoms with E-state index in [1.165, 1.54) is 7.11 Å². The average Bonchev–Trinajstić information content (AvgIpc) is 2.72. The van der Waals surface area contributed by atoms with E-state index in [4.69, 9.17) is 9.47 Å². The van der Waals surface area contributed by atoms with Gasteiger partial charge < -0.3 is 14.8 Å². The summed E-state index contributed by atoms with van der Waals surface area (Å²) in [5.41, 5.74) is 2.49. The molecule has 0 saturated heterocycles. The summed E-state index contributed by atoms with van der Waals surface area (Å²) in [6.07, 6.45) is 1.70. The van der Waals surface area contributed by atoms with Gasteiger partial charge in [0, 0.05) is 17.4 Å². The van der Waals surface area contributed by atoms with Gasteiger partial charge in [-0.3, -0.25) is 4.79 Å². The maximum Gasteiger partial charge on any atom is 0.259 e. The van der Waals surface area contributed by atoms with E-state index in [9.17, 15) is 4.79 Å². The van der Waals surface area contributed by atoms with Crippen LogP contribution in [0.15, 0.2) is 66.9 Å². The van der Waals surface area contributed by atoms with Crippen LogP contribution in [0, 0.1) is 11.8 Å². The van der Waals surface area contributed by atoms with Gasteiger partial charge in [-0.25, -0.2) is 4.98 Å². The summed E-state index contributed by atoms with van der Waals surface area (Å²) >= 11 is 0. The number of amides is 1. The molecule has 0 spiro atoms. The van der Waals surface area contributed by atoms with E-state index in [1.54, 1.807) is 43.6 Å². The summed E-state index contributed by atoms with van der Waals surface area (Å²) in [5, 5.41) is 2.86. The summed E-state index contributed by atoms with van der Waals surface area (Å²) < 4.78 is 10.5. The van der Waals surface area contributed by atoms with Crippen LogP contribution in [-0.4, -0.2) is 25.1 Å². The molecule has 1 heterocycles. The third-order valence-corrected chi connectivity index (χ3v) is 3.77. The van der Waals surface area contributed by atoms with Crippen molar-refractivity contribution < 1.29 is 14.3 Å². The Morgan fingerprint density at radius 2 is 1.85 bits per heavy atom. The van der Waals surface area contributed by atoms with Crippen molar-refractivity contribution in [1.82, 2.24) is 4.98 Å². The smallest absolute Gasteiger partial charge is 0.259 e. The molecule has 134 valence electrons. The van der Waals surface area contributed by atoms with Crippen molar-refractivity contribution in [2.75, 3.05) is 19.5 Å². The van der Waals surface area contributed by atoms with Crippen molar-refractivity contribution in [3.63, 3.8) is 0 Å². The Bertz CT molecular complexity index is 1000. The molecule has 1 aromatic heterocycles. The highest BCUT2D eigenvalue weighted by Gasteiger charge is 2.14. The lowest BCUT2D eigenvalue weighted by Crippen LogP contribution is -2.13. The Morgan fingerprint density at radius 3 is 2.59 bits per heavy atom. The maximum atomic E-state index is 12.7. The summed E-state index contributed by atoms with van der Waals surface area (Å²) in [6, 6.07) is 18.0. The predicted octanol–water partition coefficient (Wildman–Crippen LogP) is 3.75. The predicted molar refractivity (Wildman–Crippen MR) is 104 cm³/mol. The average molecular weight is 358 g/mol. The van der Waals surface area contributed by atoms with Gasteiger partial charge in [-0.15, -0.1) is 0 Å². The molecule has 0 unspecified atom stereocenters. The molecule has 0 fully saturated rings. The van der Waals surface area contributed by atoms with Crippen LogP contribution in [0.3, 0.4) is 0 Å². The van der Waals surface area contributed by atoms with E-state index in [2.05, 4.69) is 22.1 Å². The standard InChI is InChI=1S/C22H18N2O3/c1-26-19-11-12-21(27-2)20(15-19)22(25)24-18-8-5-6-16(14-18)9-10-17-7-3-4-13-23-17/h3-8,11-15H,1-2H3,(H,24,25). The van der Waals surface area contributed by atoms with Crippen molar-refractivity contribution in [3.8, 4) is 23.3 Å². The molecule has 3 rings (SSSR count). The quantitative estimate of drug-likeness (QED) is 0.722. The lowest BCUT2D eigenvalue weighted by molar-refractivity contribution is 0.102. The number of hydrogen-bond acceptors (Lipinski definition) is 4. The first kappa shape index (κ1) is 18.0. The first-order valence-electron chi connectivity index (χ1n) is 8.26. The van der Waals surface area contributed by atoms with E-state index in [0.717, 1.165) is 5.56 Å². The van der Waals surface area contributed by atoms with Gasteiger partial charge in [0.15, 0.2) is 0 Å². The first-order chi connectivity index (χ1) is 13.2. The number of pyridine rings is 1. The lowest BCUT2D eigenvalue weighted by Gasteiger charge is -2.11. The molecule has 0 atom stereocenters. The van der Waals surface area contributed by atoms with Crippen LogP contribution in [0.2, 0.25) is 0 Å². The normalized spacial score (nSPS) is 9.70. The van der Waals surface area contributed by atoms with Crippen molar-refractivity contribution in [2.24, 2.45) is 0 Å². The zero-order valence-electron chi connectivity index (χ0n) is 15.0. The van der Waals surface area contributed by atoms with Crippen LogP contribution < -0.4 is 14.8 Å². The van der Waals surface area contributed by atoms with Crippen molar-refractivity contribution in [1.29, 1.82) is 0 Å². The van der Waals surface area contributed by atoms with Gasteiger partial charge in [-0.1, -0.05) is 18.1 Å². The molecule has 1 amide bonds. The molecule has 0 aliphatic rings. The second kappa shape index (κ2) is 8.54. The molecule has 5 nitrogen and oxygen atoms in total. The van der Waals surface area contributed by atoms with Gasteiger partial charge in [-0.2, -0.15) is 0 Å². The van der Waals surface area contributed by atoms with Crippen molar-refractivity contribution >= 4 is 11.6 Å². The topological polar surface area (TPSA) is 60.5 Å². The van der Waals surface area contributed by atoms with Crippen LogP contribution in [0.1, 0.15) is 21.6 Å². The molecule has 27 heavy (non-hydrogen) atoms. The SMILES string of the molecule is COc1ccc(OC)c(C(=O)Nc2cccc(C#Cc3ccccn3)c2)c1. The van der Waals surface area contributed by atoms with E-state index in [1.807, 2.05) is 30.3 Å². The minimum atomic E-state index is -0.291. The molecule has 0 aliphatic carbocycles. The Kier molecular flexibility index (Phi) is 5.70. The Labute approximate surface area is 158 Å². The van der Waals surface area contributed by atoms with E-state index in [-0.39, 0.29) is 5.91 Å². The molecular weight excluding hydrogens is 340 g/mol. The highest BCUT2D eigenvalue weighted by molar-refractivity contribution is 6.06. The van der Waals surface area contributed by atoms with Crippen LogP contribution in [0.4, 0.5) is 5.69 Å². The monoisotopic (exact) mass is 358 g/mol. The molecule has 3 aromatic rings. The minimum Gasteiger partial charge on any atom is -0.497 e. The summed E-state index contributed by atoms with van der Waals surface area (Å²) in [4.78, 5) is 16.8. The molecule has 0 radical (unpaired) electrons. The number of methoxy groups -OCH3 is 2. The number of carbonyl (C=O) groups is 1. The van der Waals surface area contributed by atoms with Crippen LogP contribution >= 0.6 is 0 Å². The number of ether oxygens (including phenoxy) is 2. The third-order valence-electron chi connectivity index (χ3n) is 3.77. The number of hydrogen-bond donors (Lipinski definition) is 1. The maximum absolute atomic E-state index is 12.7. The fraction of sp³-hybridized carbons (Fsp3) is 0.0909. The minimum absolute atomic E-state index is 0.291. The number of nitrogens with one attached hydrogen (secondary N) is 1. The second-order valence-electron chi connectivity index (χ2n) is 5.57. The fourth-order valence-electron chi connectivity index (χ4n) is 2.44. The zero-order chi connectivity index (χ0) is 19.1. The Balaban J connectivity index is 1.81. The van der Waals surface area contributed by atoms with Gasteiger partial charge in [-0.05, 0) is 54.5 Å². The zero-order valence-corrected chi connectivity index (χ0v) is 15.0. The largest absolute Gasteiger partial charge is 0.497 e. The lowest BCUT2D eigenvalue weighted by atomic mass is 10.1. The summed E-state index contributed by atoms with van der Waals surface area (Å²) in [7, 11) is 3.07. The third kappa shape index (κ3) is 4.65. The highest BCUT2D eigenvalue weighted by atomic mass is 16.5. The van der Waals surface area contributed by atoms with Gasteiger partial charge in [0.2, 0.25) is 0 Å². The number of benzene rings is 2. The summed E-state index contributed by atoms with van der Waals surface area (Å²) in [6.45, 7) is 0.